The Morgan fingerprint density at radius 1 is 0.270 bits per heavy atom. The van der Waals surface area contributed by atoms with Gasteiger partial charge in [0.1, 0.15) is 0 Å². The third-order valence-corrected chi connectivity index (χ3v) is 22.0. The quantitative estimate of drug-likeness (QED) is 0.136. The summed E-state index contributed by atoms with van der Waals surface area (Å²) in [5.74, 6) is -0.0595. The Kier molecular flexibility index (Phi) is 13.8. The molecule has 0 saturated heterocycles. The minimum Gasteiger partial charge on any atom is -0.423 e. The van der Waals surface area contributed by atoms with E-state index in [1.54, 1.807) is 6.20 Å². The molecule has 4 unspecified atom stereocenters. The lowest BCUT2D eigenvalue weighted by molar-refractivity contribution is 0.426. The van der Waals surface area contributed by atoms with E-state index in [0.29, 0.717) is 5.46 Å². The lowest BCUT2D eigenvalue weighted by Gasteiger charge is -2.35. The Balaban J connectivity index is 0.000000128. The Bertz CT molecular complexity index is 4790. The third kappa shape index (κ3) is 8.45. The lowest BCUT2D eigenvalue weighted by Crippen LogP contribution is -2.30. The summed E-state index contributed by atoms with van der Waals surface area (Å²) in [6, 6.07) is 97.2. The Morgan fingerprint density at radius 3 is 0.910 bits per heavy atom. The second-order valence-corrected chi connectivity index (χ2v) is 25.5. The maximum Gasteiger partial charge on any atom is 0.490 e. The highest BCUT2D eigenvalue weighted by atomic mass is 79.9. The average Bonchev–Trinajstić information content (AvgIpc) is 1.55. The molecule has 0 saturated carbocycles. The summed E-state index contributed by atoms with van der Waals surface area (Å²) in [6.07, 6.45) is 11.4. The standard InChI is InChI=1S/C45H30N2.C27H18Br2.C9H8BNO2/c1-3-15-31-29(13-1)25-46-27-37(31)43-35-19-7-11-23-41(35)45(39-21-9-5-17-33(39)34-18-6-10-22-40(34)45)42-24-12-8-20-36(42)44(43)38-28-47-26-30-14-2-4-16-32(30)38;28-25-19-11-3-7-15-23(19)27(24-16-8-4-12-20(24)26(25)29)21-13-5-1-9-17(21)18-10-2-6-14-22(18)27;12-10(13)9-6-11-5-7-3-1-2-4-8(7)9/h1-28,43-44H;1-16,25-26H;1-6,12-13H. The largest absolute Gasteiger partial charge is 0.490 e. The summed E-state index contributed by atoms with van der Waals surface area (Å²) < 4.78 is 0. The molecule has 3 aromatic heterocycles. The fraction of sp³-hybridized carbons (Fsp3) is 0.0741. The van der Waals surface area contributed by atoms with Crippen molar-refractivity contribution in [1.82, 2.24) is 15.0 Å². The molecule has 14 aromatic rings. The van der Waals surface area contributed by atoms with E-state index >= 15 is 0 Å². The minimum absolute atomic E-state index is 0.0298. The highest BCUT2D eigenvalue weighted by molar-refractivity contribution is 9.12. The van der Waals surface area contributed by atoms with Crippen LogP contribution in [0.4, 0.5) is 0 Å². The summed E-state index contributed by atoms with van der Waals surface area (Å²) in [7, 11) is -1.46. The number of halogens is 2. The van der Waals surface area contributed by atoms with Crippen molar-refractivity contribution in [3.05, 3.63) is 382 Å². The molecular formula is C81H56BBr2N3O2. The molecule has 4 aliphatic rings. The van der Waals surface area contributed by atoms with Gasteiger partial charge in [-0.15, -0.1) is 0 Å². The summed E-state index contributed by atoms with van der Waals surface area (Å²) in [5.41, 5.74) is 23.6. The Morgan fingerprint density at radius 2 is 0.539 bits per heavy atom. The maximum absolute atomic E-state index is 9.04. The number of fused-ring (bicyclic) bond motifs is 21. The fourth-order valence-corrected chi connectivity index (χ4v) is 17.2. The molecule has 2 spiro atoms. The smallest absolute Gasteiger partial charge is 0.423 e. The van der Waals surface area contributed by atoms with Gasteiger partial charge in [0, 0.05) is 65.3 Å². The topological polar surface area (TPSA) is 79.1 Å². The molecule has 2 N–H and O–H groups in total. The highest BCUT2D eigenvalue weighted by Gasteiger charge is 2.53. The predicted octanol–water partition coefficient (Wildman–Crippen LogP) is 18.3. The molecule has 0 radical (unpaired) electrons. The van der Waals surface area contributed by atoms with Gasteiger partial charge >= 0.3 is 7.12 Å². The third-order valence-electron chi connectivity index (χ3n) is 19.3. The number of rotatable bonds is 3. The molecule has 18 rings (SSSR count). The minimum atomic E-state index is -1.46. The summed E-state index contributed by atoms with van der Waals surface area (Å²) in [6.45, 7) is 0. The van der Waals surface area contributed by atoms with Gasteiger partial charge in [0.25, 0.3) is 0 Å². The van der Waals surface area contributed by atoms with E-state index < -0.39 is 12.5 Å². The lowest BCUT2D eigenvalue weighted by atomic mass is 9.66. The van der Waals surface area contributed by atoms with Gasteiger partial charge in [0.05, 0.1) is 20.5 Å². The van der Waals surface area contributed by atoms with E-state index in [4.69, 9.17) is 20.0 Å². The van der Waals surface area contributed by atoms with Crippen molar-refractivity contribution in [3.8, 4) is 22.3 Å². The molecule has 424 valence electrons. The number of nitrogens with zero attached hydrogens (tertiary/aromatic N) is 3. The first kappa shape index (κ1) is 54.9. The van der Waals surface area contributed by atoms with E-state index in [-0.39, 0.29) is 26.9 Å². The zero-order valence-corrected chi connectivity index (χ0v) is 51.4. The molecule has 0 fully saturated rings. The van der Waals surface area contributed by atoms with E-state index in [1.165, 1.54) is 117 Å². The Hall–Kier alpha value is -9.41. The van der Waals surface area contributed by atoms with Crippen LogP contribution in [-0.2, 0) is 10.8 Å². The van der Waals surface area contributed by atoms with Gasteiger partial charge in [-0.2, -0.15) is 0 Å². The van der Waals surface area contributed by atoms with E-state index in [0.717, 1.165) is 21.5 Å². The van der Waals surface area contributed by atoms with Gasteiger partial charge in [-0.25, -0.2) is 0 Å². The zero-order chi connectivity index (χ0) is 59.8. The predicted molar refractivity (Wildman–Crippen MR) is 370 cm³/mol. The van der Waals surface area contributed by atoms with Gasteiger partial charge in [0.15, 0.2) is 0 Å². The summed E-state index contributed by atoms with van der Waals surface area (Å²) in [5, 5.41) is 24.6. The molecule has 4 aliphatic carbocycles. The number of hydrogen-bond acceptors (Lipinski definition) is 5. The first-order valence-corrected chi connectivity index (χ1v) is 32.1. The molecule has 89 heavy (non-hydrogen) atoms. The molecular weight excluding hydrogens is 1220 g/mol. The van der Waals surface area contributed by atoms with Crippen molar-refractivity contribution in [3.63, 3.8) is 0 Å². The zero-order valence-electron chi connectivity index (χ0n) is 48.2. The van der Waals surface area contributed by atoms with Crippen LogP contribution in [0.15, 0.2) is 304 Å². The first-order valence-electron chi connectivity index (χ1n) is 30.3. The van der Waals surface area contributed by atoms with Crippen molar-refractivity contribution in [1.29, 1.82) is 0 Å². The Labute approximate surface area is 534 Å². The van der Waals surface area contributed by atoms with Crippen LogP contribution in [0.3, 0.4) is 0 Å². The molecule has 0 bridgehead atoms. The van der Waals surface area contributed by atoms with Crippen molar-refractivity contribution in [2.75, 3.05) is 0 Å². The van der Waals surface area contributed by atoms with Crippen LogP contribution in [0.25, 0.3) is 54.6 Å². The maximum atomic E-state index is 9.04. The van der Waals surface area contributed by atoms with Gasteiger partial charge in [-0.1, -0.05) is 299 Å². The van der Waals surface area contributed by atoms with Gasteiger partial charge in [-0.05, 0) is 122 Å². The molecule has 11 aromatic carbocycles. The highest BCUT2D eigenvalue weighted by Crippen LogP contribution is 2.65. The summed E-state index contributed by atoms with van der Waals surface area (Å²) >= 11 is 8.07. The number of alkyl halides is 2. The molecule has 0 amide bonds. The van der Waals surface area contributed by atoms with Crippen LogP contribution >= 0.6 is 31.9 Å². The van der Waals surface area contributed by atoms with E-state index in [9.17, 15) is 0 Å². The molecule has 8 heteroatoms. The average molecular weight is 1270 g/mol. The van der Waals surface area contributed by atoms with Crippen LogP contribution in [0.5, 0.6) is 0 Å². The van der Waals surface area contributed by atoms with Crippen LogP contribution in [-0.4, -0.2) is 32.1 Å². The fourth-order valence-electron chi connectivity index (χ4n) is 15.8. The van der Waals surface area contributed by atoms with Crippen LogP contribution < -0.4 is 5.46 Å². The van der Waals surface area contributed by atoms with Crippen molar-refractivity contribution >= 4 is 76.8 Å². The number of aromatic nitrogens is 3. The van der Waals surface area contributed by atoms with Gasteiger partial charge < -0.3 is 10.0 Å². The SMILES string of the molecule is BrC1c2ccccc2C2(c3ccccc3-c3ccccc32)c2ccccc2C1Br.OB(O)c1cncc2ccccc12.c1ccc2c(c1)-c1ccccc1C21c2ccccc2C(c2cncc3ccccc23)C(c2cncc3ccccc23)c2ccccc21. The molecule has 5 nitrogen and oxygen atoms in total. The van der Waals surface area contributed by atoms with Crippen molar-refractivity contribution in [2.24, 2.45) is 0 Å². The molecule has 3 heterocycles. The molecule has 4 atom stereocenters. The number of pyridine rings is 3. The van der Waals surface area contributed by atoms with Crippen LogP contribution in [0, 0.1) is 0 Å². The number of benzene rings is 11. The normalized spacial score (nSPS) is 17.2. The second kappa shape index (κ2) is 22.3. The van der Waals surface area contributed by atoms with Crippen molar-refractivity contribution in [2.45, 2.75) is 32.3 Å². The van der Waals surface area contributed by atoms with E-state index in [1.807, 2.05) is 36.7 Å². The number of hydrogen-bond donors (Lipinski definition) is 2. The van der Waals surface area contributed by atoms with E-state index in [2.05, 4.69) is 292 Å². The van der Waals surface area contributed by atoms with Gasteiger partial charge in [-0.3, -0.25) is 15.0 Å². The monoisotopic (exact) mass is 1270 g/mol. The summed E-state index contributed by atoms with van der Waals surface area (Å²) in [4.78, 5) is 14.1. The van der Waals surface area contributed by atoms with Crippen molar-refractivity contribution < 1.29 is 10.0 Å². The second-order valence-electron chi connectivity index (χ2n) is 23.5. The molecule has 0 aliphatic heterocycles. The van der Waals surface area contributed by atoms with Gasteiger partial charge in [0.2, 0.25) is 0 Å². The van der Waals surface area contributed by atoms with Crippen LogP contribution in [0.2, 0.25) is 0 Å². The van der Waals surface area contributed by atoms with Crippen LogP contribution in [0.1, 0.15) is 99.4 Å². The first-order chi connectivity index (χ1) is 43.9.